The van der Waals surface area contributed by atoms with E-state index >= 15 is 0 Å². The molecule has 4 rings (SSSR count). The number of aromatic carboxylic acids is 1. The largest absolute Gasteiger partial charge is 0.497 e. The molecule has 0 spiro atoms. The summed E-state index contributed by atoms with van der Waals surface area (Å²) in [6.07, 6.45) is 0. The van der Waals surface area contributed by atoms with Crippen LogP contribution in [0, 0.1) is 13.8 Å². The van der Waals surface area contributed by atoms with Gasteiger partial charge >= 0.3 is 5.97 Å². The zero-order valence-electron chi connectivity index (χ0n) is 23.1. The Morgan fingerprint density at radius 2 is 1.71 bits per heavy atom. The number of aryl methyl sites for hydroxylation is 1. The van der Waals surface area contributed by atoms with Gasteiger partial charge < -0.3 is 19.9 Å². The van der Waals surface area contributed by atoms with Gasteiger partial charge in [-0.3, -0.25) is 4.79 Å². The lowest BCUT2D eigenvalue weighted by Crippen LogP contribution is -2.30. The number of rotatable bonds is 10. The molecule has 0 atom stereocenters. The third kappa shape index (κ3) is 6.56. The number of sulfonamides is 1. The molecule has 0 unspecified atom stereocenters. The number of methoxy groups -OCH3 is 1. The number of carboxylic acids is 1. The average molecular weight is 579 g/mol. The smallest absolute Gasteiger partial charge is 0.356 e. The summed E-state index contributed by atoms with van der Waals surface area (Å²) in [7, 11) is -2.66. The van der Waals surface area contributed by atoms with Gasteiger partial charge in [0, 0.05) is 22.9 Å². The monoisotopic (exact) mass is 578 g/mol. The van der Waals surface area contributed by atoms with Gasteiger partial charge in [-0.25, -0.2) is 17.9 Å². The van der Waals surface area contributed by atoms with Crippen molar-refractivity contribution >= 4 is 27.6 Å². The lowest BCUT2D eigenvalue weighted by molar-refractivity contribution is 0.0689. The van der Waals surface area contributed by atoms with Crippen LogP contribution in [0.5, 0.6) is 17.4 Å². The van der Waals surface area contributed by atoms with E-state index in [4.69, 9.17) is 9.47 Å². The summed E-state index contributed by atoms with van der Waals surface area (Å²) in [5, 5.41) is 16.6. The molecule has 4 aromatic rings. The quantitative estimate of drug-likeness (QED) is 0.240. The van der Waals surface area contributed by atoms with Gasteiger partial charge in [-0.15, -0.1) is 0 Å². The van der Waals surface area contributed by atoms with Crippen molar-refractivity contribution in [1.82, 2.24) is 14.5 Å². The Morgan fingerprint density at radius 3 is 2.34 bits per heavy atom. The van der Waals surface area contributed by atoms with E-state index in [1.54, 1.807) is 50.2 Å². The predicted octanol–water partition coefficient (Wildman–Crippen LogP) is 4.93. The number of hydrogen-bond donors (Lipinski definition) is 3. The van der Waals surface area contributed by atoms with Crippen molar-refractivity contribution in [2.24, 2.45) is 0 Å². The average Bonchev–Trinajstić information content (AvgIpc) is 3.25. The topological polar surface area (TPSA) is 149 Å². The minimum Gasteiger partial charge on any atom is -0.497 e. The molecule has 0 fully saturated rings. The minimum atomic E-state index is -4.14. The molecule has 3 N–H and O–H groups in total. The first-order chi connectivity index (χ1) is 19.4. The molecule has 0 bridgehead atoms. The van der Waals surface area contributed by atoms with E-state index in [2.05, 4.69) is 15.1 Å². The second kappa shape index (κ2) is 11.8. The van der Waals surface area contributed by atoms with E-state index in [1.807, 2.05) is 19.1 Å². The van der Waals surface area contributed by atoms with Gasteiger partial charge in [-0.1, -0.05) is 23.8 Å². The van der Waals surface area contributed by atoms with Gasteiger partial charge in [0.25, 0.3) is 5.91 Å². The van der Waals surface area contributed by atoms with Crippen LogP contribution >= 0.6 is 0 Å². The second-order valence-corrected chi connectivity index (χ2v) is 11.2. The molecule has 0 saturated heterocycles. The fraction of sp³-hybridized carbons (Fsp3) is 0.207. The molecule has 11 nitrogen and oxygen atoms in total. The number of anilines is 1. The van der Waals surface area contributed by atoms with Gasteiger partial charge in [0.05, 0.1) is 12.8 Å². The number of carbonyl (C=O) groups is 2. The Hall–Kier alpha value is -4.68. The Labute approximate surface area is 237 Å². The molecule has 1 aromatic heterocycles. The maximum Gasteiger partial charge on any atom is 0.356 e. The minimum absolute atomic E-state index is 0.0282. The first-order valence-electron chi connectivity index (χ1n) is 12.6. The number of amides is 1. The van der Waals surface area contributed by atoms with Crippen molar-refractivity contribution in [3.05, 3.63) is 89.1 Å². The van der Waals surface area contributed by atoms with E-state index in [1.165, 1.54) is 36.9 Å². The maximum atomic E-state index is 13.4. The van der Waals surface area contributed by atoms with Crippen molar-refractivity contribution in [3.63, 3.8) is 0 Å². The van der Waals surface area contributed by atoms with Crippen LogP contribution in [0.3, 0.4) is 0 Å². The highest BCUT2D eigenvalue weighted by atomic mass is 32.2. The SMILES string of the molecule is COc1cccc(C(=O)Nc2ccc(Oc3c(C)c(C(=O)O)nn3-c3ccc(C)cc3)c(S(=O)(=O)NC(C)C)c2)c1. The third-order valence-electron chi connectivity index (χ3n) is 5.97. The summed E-state index contributed by atoms with van der Waals surface area (Å²) < 4.78 is 41.9. The summed E-state index contributed by atoms with van der Waals surface area (Å²) in [5.41, 5.74) is 1.98. The van der Waals surface area contributed by atoms with Gasteiger partial charge in [0.2, 0.25) is 15.9 Å². The van der Waals surface area contributed by atoms with Crippen LogP contribution in [-0.4, -0.2) is 48.3 Å². The Kier molecular flexibility index (Phi) is 8.45. The molecule has 1 heterocycles. The normalized spacial score (nSPS) is 11.4. The van der Waals surface area contributed by atoms with Crippen molar-refractivity contribution in [2.45, 2.75) is 38.6 Å². The molecule has 3 aromatic carbocycles. The summed E-state index contributed by atoms with van der Waals surface area (Å²) in [6, 6.07) is 17.4. The molecular formula is C29H30N4O7S. The molecule has 0 radical (unpaired) electrons. The van der Waals surface area contributed by atoms with Gasteiger partial charge in [-0.2, -0.15) is 9.78 Å². The number of nitrogens with one attached hydrogen (secondary N) is 2. The predicted molar refractivity (Wildman–Crippen MR) is 153 cm³/mol. The Bertz CT molecular complexity index is 1710. The van der Waals surface area contributed by atoms with Gasteiger partial charge in [0.15, 0.2) is 5.69 Å². The number of ether oxygens (including phenoxy) is 2. The highest BCUT2D eigenvalue weighted by Crippen LogP contribution is 2.35. The first kappa shape index (κ1) is 29.3. The van der Waals surface area contributed by atoms with E-state index in [0.29, 0.717) is 17.0 Å². The van der Waals surface area contributed by atoms with Gasteiger partial charge in [-0.05, 0) is 76.2 Å². The summed E-state index contributed by atoms with van der Waals surface area (Å²) >= 11 is 0. The molecule has 12 heteroatoms. The molecule has 0 saturated carbocycles. The summed E-state index contributed by atoms with van der Waals surface area (Å²) in [6.45, 7) is 6.77. The number of hydrogen-bond acceptors (Lipinski definition) is 7. The van der Waals surface area contributed by atoms with Crippen LogP contribution < -0.4 is 19.5 Å². The van der Waals surface area contributed by atoms with E-state index < -0.39 is 27.9 Å². The van der Waals surface area contributed by atoms with Crippen LogP contribution in [0.1, 0.15) is 45.8 Å². The number of carboxylic acid groups (broad SMARTS) is 1. The number of benzene rings is 3. The highest BCUT2D eigenvalue weighted by Gasteiger charge is 2.27. The first-order valence-corrected chi connectivity index (χ1v) is 14.1. The van der Waals surface area contributed by atoms with Crippen LogP contribution in [-0.2, 0) is 10.0 Å². The second-order valence-electron chi connectivity index (χ2n) is 9.56. The molecule has 0 aliphatic heterocycles. The molecule has 0 aliphatic rings. The Morgan fingerprint density at radius 1 is 1.00 bits per heavy atom. The van der Waals surface area contributed by atoms with Crippen molar-refractivity contribution in [1.29, 1.82) is 0 Å². The molecule has 41 heavy (non-hydrogen) atoms. The lowest BCUT2D eigenvalue weighted by Gasteiger charge is -2.17. The van der Waals surface area contributed by atoms with Crippen LogP contribution in [0.15, 0.2) is 71.6 Å². The molecule has 1 amide bonds. The van der Waals surface area contributed by atoms with E-state index in [0.717, 1.165) is 5.56 Å². The van der Waals surface area contributed by atoms with Crippen molar-refractivity contribution in [3.8, 4) is 23.1 Å². The lowest BCUT2D eigenvalue weighted by atomic mass is 10.2. The van der Waals surface area contributed by atoms with Crippen LogP contribution in [0.25, 0.3) is 5.69 Å². The summed E-state index contributed by atoms with van der Waals surface area (Å²) in [5.74, 6) is -1.31. The van der Waals surface area contributed by atoms with Crippen LogP contribution in [0.4, 0.5) is 5.69 Å². The number of aromatic nitrogens is 2. The van der Waals surface area contributed by atoms with Crippen LogP contribution in [0.2, 0.25) is 0 Å². The number of carbonyl (C=O) groups excluding carboxylic acids is 1. The van der Waals surface area contributed by atoms with Gasteiger partial charge in [0.1, 0.15) is 16.4 Å². The Balaban J connectivity index is 1.79. The zero-order valence-corrected chi connectivity index (χ0v) is 23.9. The zero-order chi connectivity index (χ0) is 29.9. The number of nitrogens with zero attached hydrogens (tertiary/aromatic N) is 2. The fourth-order valence-corrected chi connectivity index (χ4v) is 5.39. The van der Waals surface area contributed by atoms with E-state index in [-0.39, 0.29) is 33.5 Å². The summed E-state index contributed by atoms with van der Waals surface area (Å²) in [4.78, 5) is 24.5. The highest BCUT2D eigenvalue weighted by molar-refractivity contribution is 7.89. The third-order valence-corrected chi connectivity index (χ3v) is 7.65. The molecule has 214 valence electrons. The fourth-order valence-electron chi connectivity index (χ4n) is 3.99. The maximum absolute atomic E-state index is 13.4. The van der Waals surface area contributed by atoms with E-state index in [9.17, 15) is 23.1 Å². The molecule has 0 aliphatic carbocycles. The standard InChI is InChI=1S/C29H30N4O7S/c1-17(2)32-41(37,38)25-16-21(30-27(34)20-7-6-8-23(15-20)39-5)11-14-24(25)40-28-19(4)26(29(35)36)31-33(28)22-12-9-18(3)10-13-22/h6-17,32H,1-5H3,(H,30,34)(H,35,36). The van der Waals surface area contributed by atoms with Crippen molar-refractivity contribution in [2.75, 3.05) is 12.4 Å². The molecular weight excluding hydrogens is 548 g/mol. The van der Waals surface area contributed by atoms with Crippen molar-refractivity contribution < 1.29 is 32.6 Å².